The Labute approximate surface area is 213 Å². The van der Waals surface area contributed by atoms with Crippen LogP contribution < -0.4 is 5.32 Å². The number of nitrogens with zero attached hydrogens (tertiary/aromatic N) is 4. The van der Waals surface area contributed by atoms with E-state index in [1.165, 1.54) is 0 Å². The molecule has 36 heavy (non-hydrogen) atoms. The number of aromatic nitrogens is 3. The Balaban J connectivity index is 1.33. The number of para-hydroxylation sites is 2. The second-order valence-corrected chi connectivity index (χ2v) is 8.75. The maximum absolute atomic E-state index is 12.5. The molecule has 178 valence electrons. The average Bonchev–Trinajstić information content (AvgIpc) is 3.50. The van der Waals surface area contributed by atoms with E-state index in [0.717, 1.165) is 22.2 Å². The minimum atomic E-state index is -0.0866. The van der Waals surface area contributed by atoms with Gasteiger partial charge in [0.15, 0.2) is 0 Å². The Morgan fingerprint density at radius 3 is 2.61 bits per heavy atom. The van der Waals surface area contributed by atoms with E-state index in [9.17, 15) is 4.79 Å². The van der Waals surface area contributed by atoms with Crippen LogP contribution in [0.5, 0.6) is 0 Å². The number of carbonyl (C=O) groups is 1. The van der Waals surface area contributed by atoms with E-state index in [2.05, 4.69) is 16.4 Å². The average molecular weight is 496 g/mol. The van der Waals surface area contributed by atoms with Crippen LogP contribution in [-0.4, -0.2) is 20.4 Å². The van der Waals surface area contributed by atoms with Crippen molar-refractivity contribution in [1.29, 1.82) is 5.26 Å². The molecule has 3 aromatic carbocycles. The molecule has 0 atom stereocenters. The van der Waals surface area contributed by atoms with E-state index >= 15 is 0 Å². The molecule has 0 bridgehead atoms. The lowest BCUT2D eigenvalue weighted by molar-refractivity contribution is -0.116. The molecule has 0 fully saturated rings. The second kappa shape index (κ2) is 10.5. The first-order valence-electron chi connectivity index (χ1n) is 11.5. The number of nitriles is 1. The number of nitrogens with one attached hydrogen (secondary N) is 1. The third-order valence-electron chi connectivity index (χ3n) is 5.79. The number of aryl methyl sites for hydroxylation is 1. The summed E-state index contributed by atoms with van der Waals surface area (Å²) >= 11 is 6.09. The minimum absolute atomic E-state index is 0.0866. The number of imidazole rings is 1. The number of hydrogen-bond acceptors (Lipinski definition) is 5. The second-order valence-electron chi connectivity index (χ2n) is 8.31. The number of rotatable bonds is 8. The molecule has 0 aliphatic heterocycles. The number of halogens is 1. The van der Waals surface area contributed by atoms with Gasteiger partial charge in [-0.15, -0.1) is 0 Å². The molecule has 0 spiro atoms. The van der Waals surface area contributed by atoms with Crippen molar-refractivity contribution in [3.8, 4) is 23.3 Å². The van der Waals surface area contributed by atoms with Crippen molar-refractivity contribution < 1.29 is 9.21 Å². The summed E-state index contributed by atoms with van der Waals surface area (Å²) in [4.78, 5) is 21.7. The SMILES string of the molecule is N#CCc1ccc(NC(=O)CCCc2oc(-n3cnc4ccccc43)nc2-c2ccc(Cl)cc2)cc1. The van der Waals surface area contributed by atoms with Crippen LogP contribution in [0.4, 0.5) is 5.69 Å². The molecule has 0 unspecified atom stereocenters. The van der Waals surface area contributed by atoms with Crippen molar-refractivity contribution in [3.05, 3.63) is 95.5 Å². The van der Waals surface area contributed by atoms with Crippen molar-refractivity contribution in [2.75, 3.05) is 5.32 Å². The highest BCUT2D eigenvalue weighted by molar-refractivity contribution is 6.30. The summed E-state index contributed by atoms with van der Waals surface area (Å²) < 4.78 is 8.03. The van der Waals surface area contributed by atoms with Crippen LogP contribution in [0, 0.1) is 11.3 Å². The van der Waals surface area contributed by atoms with E-state index < -0.39 is 0 Å². The van der Waals surface area contributed by atoms with Crippen molar-refractivity contribution in [2.45, 2.75) is 25.7 Å². The first-order chi connectivity index (χ1) is 17.6. The highest BCUT2D eigenvalue weighted by Crippen LogP contribution is 2.29. The fourth-order valence-corrected chi connectivity index (χ4v) is 4.11. The van der Waals surface area contributed by atoms with Crippen LogP contribution in [0.1, 0.15) is 24.2 Å². The van der Waals surface area contributed by atoms with Crippen molar-refractivity contribution >= 4 is 34.2 Å². The van der Waals surface area contributed by atoms with Crippen LogP contribution in [0.3, 0.4) is 0 Å². The molecular weight excluding hydrogens is 474 g/mol. The van der Waals surface area contributed by atoms with Crippen molar-refractivity contribution in [3.63, 3.8) is 0 Å². The number of anilines is 1. The Bertz CT molecular complexity index is 1550. The molecule has 7 nitrogen and oxygen atoms in total. The molecule has 5 aromatic rings. The van der Waals surface area contributed by atoms with Gasteiger partial charge in [-0.2, -0.15) is 10.2 Å². The molecule has 0 saturated carbocycles. The number of fused-ring (bicyclic) bond motifs is 1. The summed E-state index contributed by atoms with van der Waals surface area (Å²) in [5, 5.41) is 12.3. The van der Waals surface area contributed by atoms with Crippen LogP contribution in [0.15, 0.2) is 83.5 Å². The number of oxazole rings is 1. The summed E-state index contributed by atoms with van der Waals surface area (Å²) in [6.45, 7) is 0. The van der Waals surface area contributed by atoms with Crippen LogP contribution in [-0.2, 0) is 17.6 Å². The van der Waals surface area contributed by atoms with E-state index in [1.807, 2.05) is 65.2 Å². The lowest BCUT2D eigenvalue weighted by Crippen LogP contribution is -2.11. The molecule has 1 N–H and O–H groups in total. The molecule has 2 heterocycles. The van der Waals surface area contributed by atoms with Gasteiger partial charge in [0.05, 0.1) is 23.5 Å². The predicted octanol–water partition coefficient (Wildman–Crippen LogP) is 6.36. The smallest absolute Gasteiger partial charge is 0.308 e. The Hall–Kier alpha value is -4.41. The summed E-state index contributed by atoms with van der Waals surface area (Å²) in [6, 6.07) is 25.1. The van der Waals surface area contributed by atoms with Gasteiger partial charge >= 0.3 is 6.01 Å². The quantitative estimate of drug-likeness (QED) is 0.270. The van der Waals surface area contributed by atoms with Gasteiger partial charge in [-0.3, -0.25) is 9.36 Å². The van der Waals surface area contributed by atoms with E-state index in [4.69, 9.17) is 26.3 Å². The summed E-state index contributed by atoms with van der Waals surface area (Å²) in [7, 11) is 0. The van der Waals surface area contributed by atoms with Crippen LogP contribution >= 0.6 is 11.6 Å². The van der Waals surface area contributed by atoms with Gasteiger partial charge in [-0.05, 0) is 48.4 Å². The van der Waals surface area contributed by atoms with E-state index in [1.54, 1.807) is 18.5 Å². The maximum Gasteiger partial charge on any atom is 0.308 e. The summed E-state index contributed by atoms with van der Waals surface area (Å²) in [6.07, 6.45) is 3.48. The fraction of sp³-hybridized carbons (Fsp3) is 0.143. The lowest BCUT2D eigenvalue weighted by Gasteiger charge is -2.06. The zero-order valence-corrected chi connectivity index (χ0v) is 20.1. The van der Waals surface area contributed by atoms with Gasteiger partial charge in [0.2, 0.25) is 5.91 Å². The first kappa shape index (κ1) is 23.3. The monoisotopic (exact) mass is 495 g/mol. The molecule has 1 amide bonds. The molecule has 0 aliphatic rings. The van der Waals surface area contributed by atoms with Crippen molar-refractivity contribution in [1.82, 2.24) is 14.5 Å². The Morgan fingerprint density at radius 2 is 1.83 bits per heavy atom. The van der Waals surface area contributed by atoms with Gasteiger partial charge in [-0.25, -0.2) is 4.98 Å². The van der Waals surface area contributed by atoms with Gasteiger partial charge in [-0.1, -0.05) is 48.0 Å². The molecule has 5 rings (SSSR count). The standard InChI is InChI=1S/C28H22ClN5O2/c29-21-12-10-20(11-13-21)27-25(36-28(33-27)34-18-31-23-4-1-2-5-24(23)34)6-3-7-26(35)32-22-14-8-19(9-15-22)16-17-30/h1-2,4-5,8-15,18H,3,6-7,16H2,(H,32,35). The number of hydrogen-bond donors (Lipinski definition) is 1. The normalized spacial score (nSPS) is 10.9. The van der Waals surface area contributed by atoms with Crippen LogP contribution in [0.2, 0.25) is 5.02 Å². The molecular formula is C28H22ClN5O2. The predicted molar refractivity (Wildman–Crippen MR) is 139 cm³/mol. The number of carbonyl (C=O) groups excluding carboxylic acids is 1. The minimum Gasteiger partial charge on any atom is -0.427 e. The number of benzene rings is 3. The number of amides is 1. The zero-order chi connectivity index (χ0) is 24.9. The van der Waals surface area contributed by atoms with Crippen LogP contribution in [0.25, 0.3) is 28.3 Å². The highest BCUT2D eigenvalue weighted by atomic mass is 35.5. The third-order valence-corrected chi connectivity index (χ3v) is 6.04. The first-order valence-corrected chi connectivity index (χ1v) is 11.9. The van der Waals surface area contributed by atoms with E-state index in [0.29, 0.717) is 53.9 Å². The van der Waals surface area contributed by atoms with Crippen molar-refractivity contribution in [2.24, 2.45) is 0 Å². The molecule has 0 aliphatic carbocycles. The molecule has 0 radical (unpaired) electrons. The Morgan fingerprint density at radius 1 is 1.06 bits per heavy atom. The summed E-state index contributed by atoms with van der Waals surface area (Å²) in [5.74, 6) is 0.607. The highest BCUT2D eigenvalue weighted by Gasteiger charge is 2.18. The zero-order valence-electron chi connectivity index (χ0n) is 19.3. The summed E-state index contributed by atoms with van der Waals surface area (Å²) in [5.41, 5.74) is 4.97. The van der Waals surface area contributed by atoms with Gasteiger partial charge in [0.1, 0.15) is 17.8 Å². The van der Waals surface area contributed by atoms with Gasteiger partial charge in [0.25, 0.3) is 0 Å². The largest absolute Gasteiger partial charge is 0.427 e. The Kier molecular flexibility index (Phi) is 6.78. The molecule has 8 heteroatoms. The fourth-order valence-electron chi connectivity index (χ4n) is 3.99. The third kappa shape index (κ3) is 5.14. The maximum atomic E-state index is 12.5. The molecule has 0 saturated heterocycles. The lowest BCUT2D eigenvalue weighted by atomic mass is 10.1. The topological polar surface area (TPSA) is 96.7 Å². The molecule has 2 aromatic heterocycles. The van der Waals surface area contributed by atoms with Gasteiger partial charge in [0, 0.05) is 29.1 Å². The van der Waals surface area contributed by atoms with Gasteiger partial charge < -0.3 is 9.73 Å². The van der Waals surface area contributed by atoms with E-state index in [-0.39, 0.29) is 5.91 Å².